The Kier molecular flexibility index (Phi) is 3.74. The normalized spacial score (nSPS) is 12.9. The van der Waals surface area contributed by atoms with E-state index in [4.69, 9.17) is 0 Å². The monoisotopic (exact) mass is 178 g/mol. The smallest absolute Gasteiger partial charge is 0.126 e. The molecule has 1 aromatic heterocycles. The van der Waals surface area contributed by atoms with Gasteiger partial charge in [0, 0.05) is 12.2 Å². The van der Waals surface area contributed by atoms with E-state index in [2.05, 4.69) is 31.1 Å². The van der Waals surface area contributed by atoms with Gasteiger partial charge in [-0.05, 0) is 31.4 Å². The van der Waals surface area contributed by atoms with Crippen LogP contribution >= 0.6 is 0 Å². The SMILES string of the molecule is CC(C)CC(C)Nc1ccccn1. The maximum atomic E-state index is 4.21. The van der Waals surface area contributed by atoms with Crippen LogP contribution in [0.2, 0.25) is 0 Å². The van der Waals surface area contributed by atoms with Gasteiger partial charge in [0.1, 0.15) is 5.82 Å². The summed E-state index contributed by atoms with van der Waals surface area (Å²) in [4.78, 5) is 4.21. The highest BCUT2D eigenvalue weighted by Crippen LogP contribution is 2.09. The first-order valence-electron chi connectivity index (χ1n) is 4.86. The molecule has 0 bridgehead atoms. The molecule has 1 unspecified atom stereocenters. The fourth-order valence-electron chi connectivity index (χ4n) is 1.47. The molecule has 1 heterocycles. The van der Waals surface area contributed by atoms with Crippen LogP contribution in [0.15, 0.2) is 24.4 Å². The van der Waals surface area contributed by atoms with E-state index in [-0.39, 0.29) is 0 Å². The molecule has 13 heavy (non-hydrogen) atoms. The van der Waals surface area contributed by atoms with E-state index in [1.165, 1.54) is 6.42 Å². The van der Waals surface area contributed by atoms with Gasteiger partial charge in [0.05, 0.1) is 0 Å². The van der Waals surface area contributed by atoms with Gasteiger partial charge < -0.3 is 5.32 Å². The molecule has 1 N–H and O–H groups in total. The quantitative estimate of drug-likeness (QED) is 0.766. The van der Waals surface area contributed by atoms with Gasteiger partial charge in [-0.3, -0.25) is 0 Å². The summed E-state index contributed by atoms with van der Waals surface area (Å²) >= 11 is 0. The summed E-state index contributed by atoms with van der Waals surface area (Å²) in [5, 5.41) is 3.36. The van der Waals surface area contributed by atoms with Crippen LogP contribution < -0.4 is 5.32 Å². The summed E-state index contributed by atoms with van der Waals surface area (Å²) in [5.41, 5.74) is 0. The van der Waals surface area contributed by atoms with Crippen LogP contribution in [0, 0.1) is 5.92 Å². The first kappa shape index (κ1) is 10.0. The van der Waals surface area contributed by atoms with Gasteiger partial charge >= 0.3 is 0 Å². The van der Waals surface area contributed by atoms with Crippen LogP contribution in [-0.4, -0.2) is 11.0 Å². The summed E-state index contributed by atoms with van der Waals surface area (Å²) in [6, 6.07) is 6.42. The number of anilines is 1. The lowest BCUT2D eigenvalue weighted by Gasteiger charge is -2.16. The number of pyridine rings is 1. The highest BCUT2D eigenvalue weighted by atomic mass is 15.0. The summed E-state index contributed by atoms with van der Waals surface area (Å²) in [6.45, 7) is 6.65. The maximum Gasteiger partial charge on any atom is 0.126 e. The molecule has 0 aromatic carbocycles. The molecule has 0 saturated carbocycles. The second-order valence-electron chi connectivity index (χ2n) is 3.89. The van der Waals surface area contributed by atoms with Crippen molar-refractivity contribution in [1.82, 2.24) is 4.98 Å². The zero-order valence-corrected chi connectivity index (χ0v) is 8.62. The number of nitrogens with zero attached hydrogens (tertiary/aromatic N) is 1. The van der Waals surface area contributed by atoms with Crippen LogP contribution in [0.4, 0.5) is 5.82 Å². The first-order valence-corrected chi connectivity index (χ1v) is 4.86. The fraction of sp³-hybridized carbons (Fsp3) is 0.545. The Labute approximate surface area is 80.4 Å². The van der Waals surface area contributed by atoms with Gasteiger partial charge in [0.25, 0.3) is 0 Å². The topological polar surface area (TPSA) is 24.9 Å². The van der Waals surface area contributed by atoms with E-state index >= 15 is 0 Å². The molecule has 1 atom stereocenters. The van der Waals surface area contributed by atoms with E-state index in [1.54, 1.807) is 0 Å². The predicted octanol–water partition coefficient (Wildman–Crippen LogP) is 2.93. The summed E-state index contributed by atoms with van der Waals surface area (Å²) < 4.78 is 0. The Morgan fingerprint density at radius 2 is 2.08 bits per heavy atom. The minimum absolute atomic E-state index is 0.495. The van der Waals surface area contributed by atoms with Gasteiger partial charge in [-0.1, -0.05) is 19.9 Å². The Bertz CT molecular complexity index is 231. The van der Waals surface area contributed by atoms with Crippen molar-refractivity contribution in [3.63, 3.8) is 0 Å². The molecule has 2 heteroatoms. The Morgan fingerprint density at radius 1 is 1.31 bits per heavy atom. The van der Waals surface area contributed by atoms with Crippen molar-refractivity contribution >= 4 is 5.82 Å². The molecule has 0 aliphatic rings. The molecule has 0 fully saturated rings. The lowest BCUT2D eigenvalue weighted by molar-refractivity contribution is 0.539. The molecule has 2 nitrogen and oxygen atoms in total. The van der Waals surface area contributed by atoms with Crippen molar-refractivity contribution in [2.45, 2.75) is 33.2 Å². The number of rotatable bonds is 4. The Balaban J connectivity index is 2.41. The Hall–Kier alpha value is -1.05. The molecule has 0 saturated heterocycles. The molecule has 0 radical (unpaired) electrons. The molecule has 1 rings (SSSR count). The lowest BCUT2D eigenvalue weighted by atomic mass is 10.1. The standard InChI is InChI=1S/C11H18N2/c1-9(2)8-10(3)13-11-6-4-5-7-12-11/h4-7,9-10H,8H2,1-3H3,(H,12,13). The minimum Gasteiger partial charge on any atom is -0.368 e. The van der Waals surface area contributed by atoms with E-state index < -0.39 is 0 Å². The summed E-state index contributed by atoms with van der Waals surface area (Å²) in [7, 11) is 0. The predicted molar refractivity (Wildman–Crippen MR) is 56.8 cm³/mol. The number of hydrogen-bond donors (Lipinski definition) is 1. The largest absolute Gasteiger partial charge is 0.368 e. The molecule has 1 aromatic rings. The maximum absolute atomic E-state index is 4.21. The summed E-state index contributed by atoms with van der Waals surface area (Å²) in [5.74, 6) is 1.70. The van der Waals surface area contributed by atoms with Gasteiger partial charge in [0.2, 0.25) is 0 Å². The van der Waals surface area contributed by atoms with Crippen molar-refractivity contribution in [2.24, 2.45) is 5.92 Å². The van der Waals surface area contributed by atoms with E-state index in [1.807, 2.05) is 24.4 Å². The van der Waals surface area contributed by atoms with Crippen LogP contribution in [0.3, 0.4) is 0 Å². The van der Waals surface area contributed by atoms with Crippen LogP contribution in [0.1, 0.15) is 27.2 Å². The third-order valence-corrected chi connectivity index (χ3v) is 1.88. The zero-order chi connectivity index (χ0) is 9.68. The fourth-order valence-corrected chi connectivity index (χ4v) is 1.47. The number of hydrogen-bond acceptors (Lipinski definition) is 2. The van der Waals surface area contributed by atoms with Crippen LogP contribution in [0.5, 0.6) is 0 Å². The average molecular weight is 178 g/mol. The highest BCUT2D eigenvalue weighted by molar-refractivity contribution is 5.34. The lowest BCUT2D eigenvalue weighted by Crippen LogP contribution is -2.17. The molecule has 0 amide bonds. The number of aromatic nitrogens is 1. The van der Waals surface area contributed by atoms with Crippen molar-refractivity contribution in [3.8, 4) is 0 Å². The van der Waals surface area contributed by atoms with Gasteiger partial charge in [-0.15, -0.1) is 0 Å². The van der Waals surface area contributed by atoms with E-state index in [9.17, 15) is 0 Å². The molecular weight excluding hydrogens is 160 g/mol. The number of nitrogens with one attached hydrogen (secondary N) is 1. The van der Waals surface area contributed by atoms with Crippen molar-refractivity contribution in [2.75, 3.05) is 5.32 Å². The summed E-state index contributed by atoms with van der Waals surface area (Å²) in [6.07, 6.45) is 2.99. The van der Waals surface area contributed by atoms with Gasteiger partial charge in [0.15, 0.2) is 0 Å². The van der Waals surface area contributed by atoms with Crippen molar-refractivity contribution in [3.05, 3.63) is 24.4 Å². The molecule has 0 aliphatic carbocycles. The second-order valence-corrected chi connectivity index (χ2v) is 3.89. The molecule has 0 aliphatic heterocycles. The molecule has 72 valence electrons. The van der Waals surface area contributed by atoms with Crippen LogP contribution in [-0.2, 0) is 0 Å². The molecular formula is C11H18N2. The first-order chi connectivity index (χ1) is 6.18. The van der Waals surface area contributed by atoms with Crippen LogP contribution in [0.25, 0.3) is 0 Å². The molecule has 0 spiro atoms. The third kappa shape index (κ3) is 3.92. The van der Waals surface area contributed by atoms with Gasteiger partial charge in [-0.2, -0.15) is 0 Å². The zero-order valence-electron chi connectivity index (χ0n) is 8.62. The van der Waals surface area contributed by atoms with E-state index in [0.29, 0.717) is 6.04 Å². The third-order valence-electron chi connectivity index (χ3n) is 1.88. The minimum atomic E-state index is 0.495. The second kappa shape index (κ2) is 4.85. The average Bonchev–Trinajstić information content (AvgIpc) is 2.04. The van der Waals surface area contributed by atoms with Crippen molar-refractivity contribution in [1.29, 1.82) is 0 Å². The van der Waals surface area contributed by atoms with Crippen molar-refractivity contribution < 1.29 is 0 Å². The Morgan fingerprint density at radius 3 is 2.62 bits per heavy atom. The van der Waals surface area contributed by atoms with Gasteiger partial charge in [-0.25, -0.2) is 4.98 Å². The highest BCUT2D eigenvalue weighted by Gasteiger charge is 2.04. The van der Waals surface area contributed by atoms with E-state index in [0.717, 1.165) is 11.7 Å².